The molecule has 0 amide bonds. The van der Waals surface area contributed by atoms with Crippen molar-refractivity contribution in [2.45, 2.75) is 6.54 Å². The number of aliphatic imine (C=N–C) groups is 1. The van der Waals surface area contributed by atoms with Gasteiger partial charge in [-0.3, -0.25) is 4.99 Å². The highest BCUT2D eigenvalue weighted by atomic mass is 127. The van der Waals surface area contributed by atoms with Gasteiger partial charge in [-0.05, 0) is 35.9 Å². The number of nitrogens with one attached hydrogen (secondary N) is 3. The number of aromatic nitrogens is 1. The fourth-order valence-corrected chi connectivity index (χ4v) is 2.69. The van der Waals surface area contributed by atoms with Gasteiger partial charge in [-0.15, -0.1) is 24.0 Å². The first kappa shape index (κ1) is 21.7. The lowest BCUT2D eigenvalue weighted by Crippen LogP contribution is -2.39. The molecule has 3 aromatic rings. The average molecular weight is 491 g/mol. The minimum atomic E-state index is 0. The van der Waals surface area contributed by atoms with E-state index in [9.17, 15) is 0 Å². The fourth-order valence-electron chi connectivity index (χ4n) is 2.69. The molecule has 0 fully saturated rings. The maximum absolute atomic E-state index is 5.17. The Morgan fingerprint density at radius 3 is 2.50 bits per heavy atom. The Morgan fingerprint density at radius 2 is 1.75 bits per heavy atom. The van der Waals surface area contributed by atoms with Crippen LogP contribution in [0.4, 0.5) is 5.82 Å². The Hall–Kier alpha value is -2.55. The predicted molar refractivity (Wildman–Crippen MR) is 127 cm³/mol. The summed E-state index contributed by atoms with van der Waals surface area (Å²) in [5.41, 5.74) is 2.16. The number of guanidine groups is 1. The first-order chi connectivity index (χ1) is 13.3. The summed E-state index contributed by atoms with van der Waals surface area (Å²) < 4.78 is 5.17. The van der Waals surface area contributed by atoms with E-state index in [4.69, 9.17) is 4.74 Å². The molecule has 3 N–H and O–H groups in total. The van der Waals surface area contributed by atoms with Gasteiger partial charge in [0.25, 0.3) is 0 Å². The van der Waals surface area contributed by atoms with Gasteiger partial charge in [-0.25, -0.2) is 4.98 Å². The number of benzene rings is 2. The van der Waals surface area contributed by atoms with Crippen LogP contribution >= 0.6 is 24.0 Å². The summed E-state index contributed by atoms with van der Waals surface area (Å²) in [6.07, 6.45) is 0. The Kier molecular flexibility index (Phi) is 8.80. The van der Waals surface area contributed by atoms with E-state index in [2.05, 4.69) is 38.1 Å². The van der Waals surface area contributed by atoms with Gasteiger partial charge in [0.05, 0.1) is 12.6 Å². The van der Waals surface area contributed by atoms with Crippen LogP contribution in [-0.2, 0) is 6.54 Å². The maximum Gasteiger partial charge on any atom is 0.191 e. The van der Waals surface area contributed by atoms with Gasteiger partial charge < -0.3 is 20.7 Å². The summed E-state index contributed by atoms with van der Waals surface area (Å²) in [6.45, 7) is 2.18. The van der Waals surface area contributed by atoms with Crippen molar-refractivity contribution in [3.63, 3.8) is 0 Å². The number of pyridine rings is 1. The van der Waals surface area contributed by atoms with E-state index < -0.39 is 0 Å². The van der Waals surface area contributed by atoms with E-state index in [1.54, 1.807) is 14.2 Å². The molecule has 0 aliphatic carbocycles. The highest BCUT2D eigenvalue weighted by Gasteiger charge is 2.00. The molecule has 2 aromatic carbocycles. The molecule has 0 bridgehead atoms. The number of nitrogens with zero attached hydrogens (tertiary/aromatic N) is 2. The number of methoxy groups -OCH3 is 1. The average Bonchev–Trinajstić information content (AvgIpc) is 2.73. The van der Waals surface area contributed by atoms with Gasteiger partial charge in [-0.1, -0.05) is 30.3 Å². The molecular weight excluding hydrogens is 465 g/mol. The molecule has 7 heteroatoms. The molecule has 0 saturated heterocycles. The first-order valence-electron chi connectivity index (χ1n) is 8.95. The lowest BCUT2D eigenvalue weighted by Gasteiger charge is -2.13. The summed E-state index contributed by atoms with van der Waals surface area (Å²) in [7, 11) is 3.43. The smallest absolute Gasteiger partial charge is 0.191 e. The molecular formula is C21H26IN5O. The molecule has 1 aromatic heterocycles. The summed E-state index contributed by atoms with van der Waals surface area (Å²) in [5.74, 6) is 2.49. The number of fused-ring (bicyclic) bond motifs is 1. The minimum Gasteiger partial charge on any atom is -0.497 e. The fraction of sp³-hybridized carbons (Fsp3) is 0.238. The van der Waals surface area contributed by atoms with Gasteiger partial charge in [0, 0.05) is 32.1 Å². The molecule has 6 nitrogen and oxygen atoms in total. The summed E-state index contributed by atoms with van der Waals surface area (Å²) in [5, 5.41) is 11.1. The second-order valence-electron chi connectivity index (χ2n) is 6.02. The topological polar surface area (TPSA) is 70.6 Å². The second-order valence-corrected chi connectivity index (χ2v) is 6.02. The number of hydrogen-bond acceptors (Lipinski definition) is 4. The Morgan fingerprint density at radius 1 is 0.964 bits per heavy atom. The molecule has 28 heavy (non-hydrogen) atoms. The van der Waals surface area contributed by atoms with Crippen molar-refractivity contribution in [2.75, 3.05) is 32.6 Å². The molecule has 0 spiro atoms. The lowest BCUT2D eigenvalue weighted by molar-refractivity contribution is 0.414. The number of anilines is 1. The standard InChI is InChI=1S/C21H25N5O.HI/c1-22-21(25-15-16-7-10-18(27-2)11-8-16)24-14-13-23-20-12-9-17-5-3-4-6-19(17)26-20;/h3-12H,13-15H2,1-2H3,(H,23,26)(H2,22,24,25);1H. The van der Waals surface area contributed by atoms with E-state index in [1.807, 2.05) is 48.5 Å². The Balaban J connectivity index is 0.00000280. The van der Waals surface area contributed by atoms with Crippen LogP contribution in [0.1, 0.15) is 5.56 Å². The second kappa shape index (κ2) is 11.3. The molecule has 3 rings (SSSR count). The summed E-state index contributed by atoms with van der Waals surface area (Å²) in [4.78, 5) is 8.86. The van der Waals surface area contributed by atoms with Crippen LogP contribution in [0.2, 0.25) is 0 Å². The van der Waals surface area contributed by atoms with E-state index in [1.165, 1.54) is 0 Å². The molecule has 148 valence electrons. The Bertz CT molecular complexity index is 899. The van der Waals surface area contributed by atoms with Crippen molar-refractivity contribution in [1.82, 2.24) is 15.6 Å². The van der Waals surface area contributed by atoms with E-state index >= 15 is 0 Å². The molecule has 1 heterocycles. The zero-order valence-electron chi connectivity index (χ0n) is 16.1. The molecule has 0 radical (unpaired) electrons. The zero-order chi connectivity index (χ0) is 18.9. The number of rotatable bonds is 7. The van der Waals surface area contributed by atoms with Crippen molar-refractivity contribution < 1.29 is 4.74 Å². The van der Waals surface area contributed by atoms with E-state index in [0.717, 1.165) is 47.1 Å². The SMILES string of the molecule is CN=C(NCCNc1ccc2ccccc2n1)NCc1ccc(OC)cc1.I. The van der Waals surface area contributed by atoms with Crippen LogP contribution < -0.4 is 20.7 Å². The van der Waals surface area contributed by atoms with Gasteiger partial charge in [0.1, 0.15) is 11.6 Å². The third kappa shape index (κ3) is 6.26. The Labute approximate surface area is 182 Å². The van der Waals surface area contributed by atoms with E-state index in [-0.39, 0.29) is 24.0 Å². The quantitative estimate of drug-likeness (QED) is 0.204. The van der Waals surface area contributed by atoms with Crippen molar-refractivity contribution in [3.8, 4) is 5.75 Å². The molecule has 0 aliphatic rings. The van der Waals surface area contributed by atoms with Crippen molar-refractivity contribution in [2.24, 2.45) is 4.99 Å². The first-order valence-corrected chi connectivity index (χ1v) is 8.95. The minimum absolute atomic E-state index is 0. The largest absolute Gasteiger partial charge is 0.497 e. The summed E-state index contributed by atoms with van der Waals surface area (Å²) >= 11 is 0. The van der Waals surface area contributed by atoms with E-state index in [0.29, 0.717) is 6.54 Å². The van der Waals surface area contributed by atoms with Gasteiger partial charge in [-0.2, -0.15) is 0 Å². The van der Waals surface area contributed by atoms with Crippen LogP contribution in [0.15, 0.2) is 65.7 Å². The molecule has 0 saturated carbocycles. The van der Waals surface area contributed by atoms with Crippen LogP contribution in [0.3, 0.4) is 0 Å². The normalized spacial score (nSPS) is 10.9. The van der Waals surface area contributed by atoms with Crippen molar-refractivity contribution >= 4 is 46.7 Å². The number of hydrogen-bond donors (Lipinski definition) is 3. The predicted octanol–water partition coefficient (Wildman–Crippen LogP) is 3.64. The van der Waals surface area contributed by atoms with Crippen LogP contribution in [0.25, 0.3) is 10.9 Å². The zero-order valence-corrected chi connectivity index (χ0v) is 18.4. The molecule has 0 atom stereocenters. The third-order valence-corrected chi connectivity index (χ3v) is 4.16. The van der Waals surface area contributed by atoms with Crippen LogP contribution in [0.5, 0.6) is 5.75 Å². The summed E-state index contributed by atoms with van der Waals surface area (Å²) in [6, 6.07) is 20.1. The van der Waals surface area contributed by atoms with Crippen LogP contribution in [-0.4, -0.2) is 38.2 Å². The number of halogens is 1. The van der Waals surface area contributed by atoms with Gasteiger partial charge in [0.15, 0.2) is 5.96 Å². The molecule has 0 aliphatic heterocycles. The van der Waals surface area contributed by atoms with Gasteiger partial charge in [0.2, 0.25) is 0 Å². The number of para-hydroxylation sites is 1. The van der Waals surface area contributed by atoms with Crippen molar-refractivity contribution in [1.29, 1.82) is 0 Å². The monoisotopic (exact) mass is 491 g/mol. The number of ether oxygens (including phenoxy) is 1. The maximum atomic E-state index is 5.17. The highest BCUT2D eigenvalue weighted by molar-refractivity contribution is 14.0. The van der Waals surface area contributed by atoms with Gasteiger partial charge >= 0.3 is 0 Å². The van der Waals surface area contributed by atoms with Crippen LogP contribution in [0, 0.1) is 0 Å². The molecule has 0 unspecified atom stereocenters. The van der Waals surface area contributed by atoms with Crippen molar-refractivity contribution in [3.05, 3.63) is 66.2 Å². The lowest BCUT2D eigenvalue weighted by atomic mass is 10.2. The highest BCUT2D eigenvalue weighted by Crippen LogP contribution is 2.14. The third-order valence-electron chi connectivity index (χ3n) is 4.16.